The summed E-state index contributed by atoms with van der Waals surface area (Å²) in [7, 11) is 0. The summed E-state index contributed by atoms with van der Waals surface area (Å²) in [4.78, 5) is 11.0. The molecule has 76 valence electrons. The van der Waals surface area contributed by atoms with E-state index in [0.717, 1.165) is 26.1 Å². The molecule has 0 aliphatic carbocycles. The first kappa shape index (κ1) is 10.5. The smallest absolute Gasteiger partial charge is 0.220 e. The third-order valence-electron chi connectivity index (χ3n) is 3.25. The van der Waals surface area contributed by atoms with Crippen LogP contribution in [0, 0.1) is 17.8 Å². The molecular formula is C10H19NO2. The summed E-state index contributed by atoms with van der Waals surface area (Å²) in [6, 6.07) is 0. The van der Waals surface area contributed by atoms with Crippen LogP contribution in [0.15, 0.2) is 0 Å². The number of amides is 1. The molecule has 1 aliphatic heterocycles. The quantitative estimate of drug-likeness (QED) is 0.717. The van der Waals surface area contributed by atoms with E-state index in [0.29, 0.717) is 11.8 Å². The van der Waals surface area contributed by atoms with E-state index in [-0.39, 0.29) is 11.8 Å². The fraction of sp³-hybridized carbons (Fsp3) is 0.900. The molecule has 2 atom stereocenters. The zero-order valence-electron chi connectivity index (χ0n) is 8.45. The largest absolute Gasteiger partial charge is 0.381 e. The molecule has 0 aromatic carbocycles. The van der Waals surface area contributed by atoms with Gasteiger partial charge in [0.15, 0.2) is 0 Å². The van der Waals surface area contributed by atoms with Crippen molar-refractivity contribution < 1.29 is 9.53 Å². The van der Waals surface area contributed by atoms with Crippen LogP contribution in [0.25, 0.3) is 0 Å². The third kappa shape index (κ3) is 2.69. The molecule has 1 amide bonds. The highest BCUT2D eigenvalue weighted by Gasteiger charge is 2.27. The molecular weight excluding hydrogens is 166 g/mol. The fourth-order valence-corrected chi connectivity index (χ4v) is 1.91. The van der Waals surface area contributed by atoms with E-state index < -0.39 is 0 Å². The molecule has 13 heavy (non-hydrogen) atoms. The van der Waals surface area contributed by atoms with Gasteiger partial charge in [-0.2, -0.15) is 0 Å². The third-order valence-corrected chi connectivity index (χ3v) is 3.25. The van der Waals surface area contributed by atoms with E-state index in [9.17, 15) is 4.79 Å². The molecule has 1 saturated heterocycles. The molecule has 0 bridgehead atoms. The Morgan fingerprint density at radius 3 is 2.38 bits per heavy atom. The molecule has 0 saturated carbocycles. The van der Waals surface area contributed by atoms with Gasteiger partial charge in [0.1, 0.15) is 0 Å². The number of carbonyl (C=O) groups excluding carboxylic acids is 1. The minimum absolute atomic E-state index is 0.0110. The van der Waals surface area contributed by atoms with Crippen LogP contribution in [-0.2, 0) is 9.53 Å². The zero-order valence-corrected chi connectivity index (χ0v) is 8.45. The van der Waals surface area contributed by atoms with Crippen LogP contribution in [0.1, 0.15) is 26.7 Å². The molecule has 3 heteroatoms. The second-order valence-electron chi connectivity index (χ2n) is 4.00. The Balaban J connectivity index is 2.44. The van der Waals surface area contributed by atoms with Crippen molar-refractivity contribution in [1.29, 1.82) is 0 Å². The van der Waals surface area contributed by atoms with Crippen molar-refractivity contribution >= 4 is 5.91 Å². The van der Waals surface area contributed by atoms with Crippen LogP contribution in [-0.4, -0.2) is 19.1 Å². The van der Waals surface area contributed by atoms with Crippen molar-refractivity contribution in [1.82, 2.24) is 0 Å². The summed E-state index contributed by atoms with van der Waals surface area (Å²) in [6.07, 6.45) is 2.14. The number of hydrogen-bond acceptors (Lipinski definition) is 2. The number of ether oxygens (including phenoxy) is 1. The Kier molecular flexibility index (Phi) is 3.72. The molecule has 3 nitrogen and oxygen atoms in total. The van der Waals surface area contributed by atoms with E-state index >= 15 is 0 Å². The maximum atomic E-state index is 11.0. The minimum atomic E-state index is -0.181. The maximum Gasteiger partial charge on any atom is 0.220 e. The van der Waals surface area contributed by atoms with Crippen LogP contribution < -0.4 is 5.73 Å². The van der Waals surface area contributed by atoms with Crippen LogP contribution in [0.4, 0.5) is 0 Å². The van der Waals surface area contributed by atoms with Crippen LogP contribution in [0.2, 0.25) is 0 Å². The lowest BCUT2D eigenvalue weighted by atomic mass is 9.79. The predicted octanol–water partition coefficient (Wildman–Crippen LogP) is 1.17. The lowest BCUT2D eigenvalue weighted by molar-refractivity contribution is -0.123. The highest BCUT2D eigenvalue weighted by atomic mass is 16.5. The minimum Gasteiger partial charge on any atom is -0.381 e. The van der Waals surface area contributed by atoms with Gasteiger partial charge in [-0.1, -0.05) is 13.8 Å². The first-order valence-electron chi connectivity index (χ1n) is 5.00. The SMILES string of the molecule is CC(C(N)=O)[C@H](C)C1CCOCC1. The highest BCUT2D eigenvalue weighted by molar-refractivity contribution is 5.76. The summed E-state index contributed by atoms with van der Waals surface area (Å²) >= 11 is 0. The normalized spacial score (nSPS) is 23.8. The van der Waals surface area contributed by atoms with Gasteiger partial charge in [-0.3, -0.25) is 4.79 Å². The van der Waals surface area contributed by atoms with Crippen molar-refractivity contribution in [3.63, 3.8) is 0 Å². The molecule has 1 fully saturated rings. The lowest BCUT2D eigenvalue weighted by Crippen LogP contribution is -2.32. The van der Waals surface area contributed by atoms with Crippen molar-refractivity contribution in [2.75, 3.05) is 13.2 Å². The average molecular weight is 185 g/mol. The summed E-state index contributed by atoms with van der Waals surface area (Å²) in [5.41, 5.74) is 5.27. The second kappa shape index (κ2) is 4.61. The second-order valence-corrected chi connectivity index (χ2v) is 4.00. The van der Waals surface area contributed by atoms with Gasteiger partial charge >= 0.3 is 0 Å². The lowest BCUT2D eigenvalue weighted by Gasteiger charge is -2.30. The van der Waals surface area contributed by atoms with E-state index in [4.69, 9.17) is 10.5 Å². The first-order chi connectivity index (χ1) is 6.13. The van der Waals surface area contributed by atoms with Gasteiger partial charge in [-0.15, -0.1) is 0 Å². The Morgan fingerprint density at radius 1 is 1.38 bits per heavy atom. The van der Waals surface area contributed by atoms with Gasteiger partial charge in [-0.05, 0) is 24.7 Å². The Hall–Kier alpha value is -0.570. The van der Waals surface area contributed by atoms with E-state index in [1.807, 2.05) is 6.92 Å². The van der Waals surface area contributed by atoms with Gasteiger partial charge in [0.2, 0.25) is 5.91 Å². The van der Waals surface area contributed by atoms with Crippen LogP contribution in [0.3, 0.4) is 0 Å². The van der Waals surface area contributed by atoms with Gasteiger partial charge in [-0.25, -0.2) is 0 Å². The van der Waals surface area contributed by atoms with Gasteiger partial charge in [0, 0.05) is 19.1 Å². The summed E-state index contributed by atoms with van der Waals surface area (Å²) in [5, 5.41) is 0. The summed E-state index contributed by atoms with van der Waals surface area (Å²) in [6.45, 7) is 5.70. The van der Waals surface area contributed by atoms with Crippen LogP contribution in [0.5, 0.6) is 0 Å². The van der Waals surface area contributed by atoms with Gasteiger partial charge < -0.3 is 10.5 Å². The number of hydrogen-bond donors (Lipinski definition) is 1. The number of nitrogens with two attached hydrogens (primary N) is 1. The molecule has 0 aromatic rings. The van der Waals surface area contributed by atoms with Crippen molar-refractivity contribution in [3.8, 4) is 0 Å². The topological polar surface area (TPSA) is 52.3 Å². The van der Waals surface area contributed by atoms with Crippen molar-refractivity contribution in [3.05, 3.63) is 0 Å². The number of rotatable bonds is 3. The van der Waals surface area contributed by atoms with Gasteiger partial charge in [0.05, 0.1) is 0 Å². The molecule has 0 radical (unpaired) electrons. The van der Waals surface area contributed by atoms with E-state index in [2.05, 4.69) is 6.92 Å². The van der Waals surface area contributed by atoms with Crippen LogP contribution >= 0.6 is 0 Å². The Labute approximate surface area is 79.6 Å². The molecule has 1 unspecified atom stereocenters. The molecule has 0 aromatic heterocycles. The summed E-state index contributed by atoms with van der Waals surface area (Å²) < 4.78 is 5.27. The fourth-order valence-electron chi connectivity index (χ4n) is 1.91. The molecule has 1 aliphatic rings. The number of primary amides is 1. The summed E-state index contributed by atoms with van der Waals surface area (Å²) in [5.74, 6) is 0.805. The highest BCUT2D eigenvalue weighted by Crippen LogP contribution is 2.28. The molecule has 1 rings (SSSR count). The Morgan fingerprint density at radius 2 is 1.92 bits per heavy atom. The molecule has 0 spiro atoms. The maximum absolute atomic E-state index is 11.0. The molecule has 1 heterocycles. The molecule has 2 N–H and O–H groups in total. The predicted molar refractivity (Wildman–Crippen MR) is 51.1 cm³/mol. The average Bonchev–Trinajstić information content (AvgIpc) is 2.17. The van der Waals surface area contributed by atoms with Gasteiger partial charge in [0.25, 0.3) is 0 Å². The first-order valence-corrected chi connectivity index (χ1v) is 5.00. The Bertz CT molecular complexity index is 176. The monoisotopic (exact) mass is 185 g/mol. The van der Waals surface area contributed by atoms with Crippen molar-refractivity contribution in [2.24, 2.45) is 23.5 Å². The van der Waals surface area contributed by atoms with Crippen molar-refractivity contribution in [2.45, 2.75) is 26.7 Å². The number of carbonyl (C=O) groups is 1. The standard InChI is InChI=1S/C10H19NO2/c1-7(8(2)10(11)12)9-3-5-13-6-4-9/h7-9H,3-6H2,1-2H3,(H2,11,12)/t7-,8?/m0/s1. The van der Waals surface area contributed by atoms with E-state index in [1.165, 1.54) is 0 Å². The zero-order chi connectivity index (χ0) is 9.84. The van der Waals surface area contributed by atoms with E-state index in [1.54, 1.807) is 0 Å².